The van der Waals surface area contributed by atoms with Gasteiger partial charge in [0, 0.05) is 7.11 Å². The maximum atomic E-state index is 9.03. The standard InChI is InChI=1S/C13H21NO2/c1-16-11-13(10-15)14-9-5-8-12-6-3-2-4-7-12/h2-4,6-7,13-15H,5,8-11H2,1H3. The van der Waals surface area contributed by atoms with Crippen molar-refractivity contribution in [3.8, 4) is 0 Å². The molecule has 3 heteroatoms. The lowest BCUT2D eigenvalue weighted by atomic mass is 10.1. The lowest BCUT2D eigenvalue weighted by molar-refractivity contribution is 0.129. The molecule has 0 radical (unpaired) electrons. The Bertz CT molecular complexity index is 264. The Morgan fingerprint density at radius 3 is 2.69 bits per heavy atom. The number of aliphatic hydroxyl groups is 1. The summed E-state index contributed by atoms with van der Waals surface area (Å²) in [5, 5.41) is 12.3. The van der Waals surface area contributed by atoms with Gasteiger partial charge in [-0.25, -0.2) is 0 Å². The predicted molar refractivity (Wildman–Crippen MR) is 65.5 cm³/mol. The number of ether oxygens (including phenoxy) is 1. The fraction of sp³-hybridized carbons (Fsp3) is 0.538. The van der Waals surface area contributed by atoms with Gasteiger partial charge < -0.3 is 15.2 Å². The van der Waals surface area contributed by atoms with Crippen LogP contribution >= 0.6 is 0 Å². The van der Waals surface area contributed by atoms with Crippen LogP contribution in [0, 0.1) is 0 Å². The monoisotopic (exact) mass is 223 g/mol. The van der Waals surface area contributed by atoms with Crippen LogP contribution in [-0.4, -0.2) is 38.0 Å². The van der Waals surface area contributed by atoms with E-state index in [9.17, 15) is 0 Å². The molecule has 3 nitrogen and oxygen atoms in total. The van der Waals surface area contributed by atoms with E-state index in [0.717, 1.165) is 19.4 Å². The maximum absolute atomic E-state index is 9.03. The van der Waals surface area contributed by atoms with Crippen LogP contribution in [-0.2, 0) is 11.2 Å². The first-order chi connectivity index (χ1) is 7.86. The van der Waals surface area contributed by atoms with Crippen molar-refractivity contribution in [1.82, 2.24) is 5.32 Å². The normalized spacial score (nSPS) is 12.6. The quantitative estimate of drug-likeness (QED) is 0.651. The van der Waals surface area contributed by atoms with Gasteiger partial charge in [-0.2, -0.15) is 0 Å². The zero-order valence-corrected chi connectivity index (χ0v) is 9.86. The molecule has 1 atom stereocenters. The van der Waals surface area contributed by atoms with E-state index in [-0.39, 0.29) is 12.6 Å². The highest BCUT2D eigenvalue weighted by Crippen LogP contribution is 2.01. The van der Waals surface area contributed by atoms with E-state index in [1.165, 1.54) is 5.56 Å². The molecule has 16 heavy (non-hydrogen) atoms. The minimum atomic E-state index is 0.0563. The Balaban J connectivity index is 2.11. The Morgan fingerprint density at radius 2 is 2.06 bits per heavy atom. The summed E-state index contributed by atoms with van der Waals surface area (Å²) in [5.41, 5.74) is 1.36. The molecule has 0 fully saturated rings. The highest BCUT2D eigenvalue weighted by molar-refractivity contribution is 5.14. The molecule has 0 amide bonds. The van der Waals surface area contributed by atoms with E-state index in [2.05, 4.69) is 29.6 Å². The molecular formula is C13H21NO2. The number of hydrogen-bond donors (Lipinski definition) is 2. The molecule has 0 bridgehead atoms. The smallest absolute Gasteiger partial charge is 0.0638 e. The number of rotatable bonds is 8. The highest BCUT2D eigenvalue weighted by Gasteiger charge is 2.04. The van der Waals surface area contributed by atoms with E-state index in [1.54, 1.807) is 7.11 Å². The van der Waals surface area contributed by atoms with Crippen LogP contribution in [0.4, 0.5) is 0 Å². The average Bonchev–Trinajstić information content (AvgIpc) is 2.34. The summed E-state index contributed by atoms with van der Waals surface area (Å²) in [4.78, 5) is 0. The summed E-state index contributed by atoms with van der Waals surface area (Å²) < 4.78 is 4.99. The van der Waals surface area contributed by atoms with Gasteiger partial charge in [0.1, 0.15) is 0 Å². The summed E-state index contributed by atoms with van der Waals surface area (Å²) in [5.74, 6) is 0. The summed E-state index contributed by atoms with van der Waals surface area (Å²) in [6.07, 6.45) is 2.14. The Kier molecular flexibility index (Phi) is 6.81. The van der Waals surface area contributed by atoms with Gasteiger partial charge >= 0.3 is 0 Å². The van der Waals surface area contributed by atoms with Crippen LogP contribution < -0.4 is 5.32 Å². The minimum Gasteiger partial charge on any atom is -0.395 e. The molecule has 0 aromatic heterocycles. The molecule has 1 unspecified atom stereocenters. The van der Waals surface area contributed by atoms with E-state index in [1.807, 2.05) is 6.07 Å². The molecular weight excluding hydrogens is 202 g/mol. The molecule has 2 N–H and O–H groups in total. The van der Waals surface area contributed by atoms with Crippen molar-refractivity contribution in [2.75, 3.05) is 26.9 Å². The zero-order valence-electron chi connectivity index (χ0n) is 9.86. The average molecular weight is 223 g/mol. The van der Waals surface area contributed by atoms with Gasteiger partial charge in [-0.15, -0.1) is 0 Å². The zero-order chi connectivity index (χ0) is 11.6. The van der Waals surface area contributed by atoms with Crippen molar-refractivity contribution in [3.05, 3.63) is 35.9 Å². The van der Waals surface area contributed by atoms with Gasteiger partial charge in [-0.3, -0.25) is 0 Å². The predicted octanol–water partition coefficient (Wildman–Crippen LogP) is 1.22. The Labute approximate surface area is 97.4 Å². The molecule has 0 heterocycles. The minimum absolute atomic E-state index is 0.0563. The molecule has 0 spiro atoms. The third-order valence-corrected chi connectivity index (χ3v) is 2.51. The number of methoxy groups -OCH3 is 1. The van der Waals surface area contributed by atoms with Crippen LogP contribution in [0.25, 0.3) is 0 Å². The second-order valence-electron chi connectivity index (χ2n) is 3.88. The second kappa shape index (κ2) is 8.28. The number of benzene rings is 1. The van der Waals surface area contributed by atoms with Crippen molar-refractivity contribution < 1.29 is 9.84 Å². The summed E-state index contributed by atoms with van der Waals surface area (Å²) >= 11 is 0. The van der Waals surface area contributed by atoms with Crippen LogP contribution in [0.5, 0.6) is 0 Å². The molecule has 0 aliphatic heterocycles. The topological polar surface area (TPSA) is 41.5 Å². The van der Waals surface area contributed by atoms with E-state index >= 15 is 0 Å². The van der Waals surface area contributed by atoms with Crippen LogP contribution in [0.15, 0.2) is 30.3 Å². The SMILES string of the molecule is COCC(CO)NCCCc1ccccc1. The molecule has 1 aromatic rings. The van der Waals surface area contributed by atoms with Crippen molar-refractivity contribution in [2.24, 2.45) is 0 Å². The Morgan fingerprint density at radius 1 is 1.31 bits per heavy atom. The second-order valence-corrected chi connectivity index (χ2v) is 3.88. The molecule has 0 aliphatic rings. The lowest BCUT2D eigenvalue weighted by Crippen LogP contribution is -2.37. The van der Waals surface area contributed by atoms with Gasteiger partial charge in [0.25, 0.3) is 0 Å². The van der Waals surface area contributed by atoms with Gasteiger partial charge in [0.2, 0.25) is 0 Å². The van der Waals surface area contributed by atoms with Crippen molar-refractivity contribution in [1.29, 1.82) is 0 Å². The number of aliphatic hydroxyl groups excluding tert-OH is 1. The molecule has 1 rings (SSSR count). The highest BCUT2D eigenvalue weighted by atomic mass is 16.5. The van der Waals surface area contributed by atoms with E-state index in [4.69, 9.17) is 9.84 Å². The summed E-state index contributed by atoms with van der Waals surface area (Å²) in [6, 6.07) is 10.5. The third-order valence-electron chi connectivity index (χ3n) is 2.51. The van der Waals surface area contributed by atoms with Crippen molar-refractivity contribution in [2.45, 2.75) is 18.9 Å². The first kappa shape index (κ1) is 13.2. The van der Waals surface area contributed by atoms with Gasteiger partial charge in [-0.05, 0) is 24.9 Å². The molecule has 1 aromatic carbocycles. The fourth-order valence-electron chi connectivity index (χ4n) is 1.62. The first-order valence-electron chi connectivity index (χ1n) is 5.74. The summed E-state index contributed by atoms with van der Waals surface area (Å²) in [6.45, 7) is 1.59. The lowest BCUT2D eigenvalue weighted by Gasteiger charge is -2.14. The molecule has 0 saturated heterocycles. The summed E-state index contributed by atoms with van der Waals surface area (Å²) in [7, 11) is 1.65. The Hall–Kier alpha value is -0.900. The molecule has 0 aliphatic carbocycles. The number of nitrogens with one attached hydrogen (secondary N) is 1. The van der Waals surface area contributed by atoms with Gasteiger partial charge in [0.05, 0.1) is 19.3 Å². The first-order valence-corrected chi connectivity index (χ1v) is 5.74. The molecule has 0 saturated carbocycles. The third kappa shape index (κ3) is 5.26. The maximum Gasteiger partial charge on any atom is 0.0638 e. The van der Waals surface area contributed by atoms with Crippen LogP contribution in [0.1, 0.15) is 12.0 Å². The largest absolute Gasteiger partial charge is 0.395 e. The van der Waals surface area contributed by atoms with E-state index < -0.39 is 0 Å². The van der Waals surface area contributed by atoms with Crippen molar-refractivity contribution >= 4 is 0 Å². The van der Waals surface area contributed by atoms with Gasteiger partial charge in [0.15, 0.2) is 0 Å². The number of hydrogen-bond acceptors (Lipinski definition) is 3. The van der Waals surface area contributed by atoms with Crippen molar-refractivity contribution in [3.63, 3.8) is 0 Å². The number of aryl methyl sites for hydroxylation is 1. The van der Waals surface area contributed by atoms with E-state index in [0.29, 0.717) is 6.61 Å². The fourth-order valence-corrected chi connectivity index (χ4v) is 1.62. The van der Waals surface area contributed by atoms with Crippen LogP contribution in [0.3, 0.4) is 0 Å². The van der Waals surface area contributed by atoms with Gasteiger partial charge in [-0.1, -0.05) is 30.3 Å². The van der Waals surface area contributed by atoms with Crippen LogP contribution in [0.2, 0.25) is 0 Å². The molecule has 90 valence electrons.